The van der Waals surface area contributed by atoms with Gasteiger partial charge in [0.15, 0.2) is 12.2 Å². The van der Waals surface area contributed by atoms with Crippen LogP contribution in [0.5, 0.6) is 0 Å². The Bertz CT molecular complexity index is 2050. The molecule has 17 nitrogen and oxygen atoms in total. The summed E-state index contributed by atoms with van der Waals surface area (Å²) in [5, 5.41) is 10.6. The number of hydrogen-bond donors (Lipinski definition) is 3. The summed E-state index contributed by atoms with van der Waals surface area (Å²) in [5.41, 5.74) is 0. The van der Waals surface area contributed by atoms with E-state index in [1.807, 2.05) is 0 Å². The van der Waals surface area contributed by atoms with Gasteiger partial charge < -0.3 is 33.8 Å². The Kier molecular flexibility index (Phi) is 70.2. The van der Waals surface area contributed by atoms with Crippen molar-refractivity contribution < 1.29 is 80.2 Å². The highest BCUT2D eigenvalue weighted by atomic mass is 31.2. The maximum Gasteiger partial charge on any atom is 0.472 e. The predicted octanol–water partition coefficient (Wildman–Crippen LogP) is 22.9. The van der Waals surface area contributed by atoms with Crippen molar-refractivity contribution in [3.63, 3.8) is 0 Å². The van der Waals surface area contributed by atoms with E-state index in [1.165, 1.54) is 135 Å². The van der Waals surface area contributed by atoms with Gasteiger partial charge in [-0.3, -0.25) is 37.3 Å². The van der Waals surface area contributed by atoms with E-state index < -0.39 is 97.5 Å². The molecule has 574 valence electrons. The van der Waals surface area contributed by atoms with Crippen LogP contribution in [0.15, 0.2) is 48.6 Å². The van der Waals surface area contributed by atoms with Crippen LogP contribution < -0.4 is 0 Å². The molecule has 0 aliphatic carbocycles. The summed E-state index contributed by atoms with van der Waals surface area (Å²) < 4.78 is 68.6. The zero-order valence-corrected chi connectivity index (χ0v) is 64.5. The molecule has 0 aromatic heterocycles. The summed E-state index contributed by atoms with van der Waals surface area (Å²) in [5.74, 6) is -2.16. The summed E-state index contributed by atoms with van der Waals surface area (Å²) >= 11 is 0. The highest BCUT2D eigenvalue weighted by Crippen LogP contribution is 2.45. The average Bonchev–Trinajstić information content (AvgIpc) is 0.959. The van der Waals surface area contributed by atoms with Gasteiger partial charge in [-0.05, 0) is 109 Å². The molecule has 0 radical (unpaired) electrons. The van der Waals surface area contributed by atoms with Crippen LogP contribution >= 0.6 is 15.6 Å². The van der Waals surface area contributed by atoms with E-state index in [-0.39, 0.29) is 25.7 Å². The fourth-order valence-electron chi connectivity index (χ4n) is 11.1. The smallest absolute Gasteiger partial charge is 0.462 e. The third kappa shape index (κ3) is 71.4. The van der Waals surface area contributed by atoms with E-state index >= 15 is 0 Å². The number of unbranched alkanes of at least 4 members (excludes halogenated alkanes) is 42. The molecule has 0 fully saturated rings. The topological polar surface area (TPSA) is 237 Å². The lowest BCUT2D eigenvalue weighted by Crippen LogP contribution is -2.30. The normalized spacial score (nSPS) is 14.2. The summed E-state index contributed by atoms with van der Waals surface area (Å²) in [6, 6.07) is 0. The van der Waals surface area contributed by atoms with Gasteiger partial charge in [0.05, 0.1) is 26.4 Å². The standard InChI is InChI=1S/C79H146O17P2/c1-5-9-13-17-21-25-29-33-36-40-43-47-51-55-59-63-76(81)89-69-74(95-78(83)65-61-57-53-49-45-39-32-28-24-20-16-12-8-4)71-93-97(85,86)91-67-73(80)68-92-98(87,88)94-72-75(96-79(84)66-62-58-54-50-46-42-38-35-31-27-23-19-15-11-7-3)70-90-77(82)64-60-56-52-48-44-41-37-34-30-26-22-18-14-10-6-2/h21,25-27,30-31,33,36,73-75,80H,5-20,22-24,28-29,32,34-35,37-72H2,1-4H3,(H,85,86)(H,87,88)/b25-21-,30-26-,31-27-,36-33-/t73-,74-,75-/m1/s1. The number of allylic oxidation sites excluding steroid dienone is 8. The molecule has 0 spiro atoms. The second-order valence-corrected chi connectivity index (χ2v) is 29.9. The molecule has 0 saturated carbocycles. The summed E-state index contributed by atoms with van der Waals surface area (Å²) in [4.78, 5) is 72.9. The van der Waals surface area contributed by atoms with Crippen molar-refractivity contribution in [1.82, 2.24) is 0 Å². The summed E-state index contributed by atoms with van der Waals surface area (Å²) in [6.07, 6.45) is 69.4. The Morgan fingerprint density at radius 2 is 0.500 bits per heavy atom. The highest BCUT2D eigenvalue weighted by molar-refractivity contribution is 7.47. The fraction of sp³-hybridized carbons (Fsp3) is 0.848. The molecule has 0 bridgehead atoms. The lowest BCUT2D eigenvalue weighted by atomic mass is 10.0. The Morgan fingerprint density at radius 3 is 0.796 bits per heavy atom. The van der Waals surface area contributed by atoms with Crippen LogP contribution in [0.3, 0.4) is 0 Å². The second-order valence-electron chi connectivity index (χ2n) is 27.0. The molecule has 0 amide bonds. The van der Waals surface area contributed by atoms with Gasteiger partial charge in [-0.1, -0.05) is 288 Å². The van der Waals surface area contributed by atoms with E-state index in [1.54, 1.807) is 0 Å². The van der Waals surface area contributed by atoms with Crippen molar-refractivity contribution in [3.8, 4) is 0 Å². The van der Waals surface area contributed by atoms with Crippen LogP contribution in [0.4, 0.5) is 0 Å². The first-order valence-corrected chi connectivity index (χ1v) is 42.9. The van der Waals surface area contributed by atoms with Gasteiger partial charge in [0.2, 0.25) is 0 Å². The van der Waals surface area contributed by atoms with Gasteiger partial charge in [-0.15, -0.1) is 0 Å². The molecule has 19 heteroatoms. The Balaban J connectivity index is 5.32. The second kappa shape index (κ2) is 72.4. The SMILES string of the molecule is CCCCC/C=C\C/C=C\CCCCCCCC(=O)OC[C@H](COP(=O)(O)OC[C@@H](O)COP(=O)(O)OC[C@@H](COC(=O)CCCCCCCCC/C=C\CCCCCC)OC(=O)CCCCCCCCC/C=C\CCCCCC)OC(=O)CCCCCCCCCCCCCCC. The van der Waals surface area contributed by atoms with E-state index in [0.717, 1.165) is 161 Å². The van der Waals surface area contributed by atoms with Crippen molar-refractivity contribution >= 4 is 39.5 Å². The van der Waals surface area contributed by atoms with Gasteiger partial charge in [0.25, 0.3) is 0 Å². The zero-order valence-electron chi connectivity index (χ0n) is 62.7. The molecule has 0 heterocycles. The van der Waals surface area contributed by atoms with E-state index in [0.29, 0.717) is 25.7 Å². The van der Waals surface area contributed by atoms with Crippen molar-refractivity contribution in [3.05, 3.63) is 48.6 Å². The molecule has 2 unspecified atom stereocenters. The summed E-state index contributed by atoms with van der Waals surface area (Å²) in [7, 11) is -9.94. The molecule has 3 N–H and O–H groups in total. The third-order valence-electron chi connectivity index (χ3n) is 17.3. The molecule has 98 heavy (non-hydrogen) atoms. The third-order valence-corrected chi connectivity index (χ3v) is 19.2. The molecule has 0 saturated heterocycles. The Morgan fingerprint density at radius 1 is 0.286 bits per heavy atom. The molecule has 0 aromatic carbocycles. The first-order valence-electron chi connectivity index (χ1n) is 39.9. The number of rotatable bonds is 76. The van der Waals surface area contributed by atoms with Gasteiger partial charge in [0, 0.05) is 25.7 Å². The maximum atomic E-state index is 13.1. The maximum absolute atomic E-state index is 13.1. The molecule has 0 aromatic rings. The van der Waals surface area contributed by atoms with Crippen LogP contribution in [0, 0.1) is 0 Å². The molecular formula is C79H146O17P2. The molecular weight excluding hydrogens is 1280 g/mol. The van der Waals surface area contributed by atoms with Crippen molar-refractivity contribution in [1.29, 1.82) is 0 Å². The number of phosphoric ester groups is 2. The molecule has 0 aliphatic rings. The van der Waals surface area contributed by atoms with Gasteiger partial charge >= 0.3 is 39.5 Å². The van der Waals surface area contributed by atoms with Crippen LogP contribution in [0.2, 0.25) is 0 Å². The predicted molar refractivity (Wildman–Crippen MR) is 400 cm³/mol. The van der Waals surface area contributed by atoms with Gasteiger partial charge in [-0.2, -0.15) is 0 Å². The van der Waals surface area contributed by atoms with Gasteiger partial charge in [0.1, 0.15) is 19.3 Å². The van der Waals surface area contributed by atoms with E-state index in [9.17, 15) is 43.2 Å². The lowest BCUT2D eigenvalue weighted by molar-refractivity contribution is -0.161. The number of phosphoric acid groups is 2. The van der Waals surface area contributed by atoms with Crippen LogP contribution in [-0.4, -0.2) is 96.7 Å². The minimum absolute atomic E-state index is 0.0945. The number of esters is 4. The average molecular weight is 1430 g/mol. The van der Waals surface area contributed by atoms with Crippen molar-refractivity contribution in [2.24, 2.45) is 0 Å². The van der Waals surface area contributed by atoms with Crippen LogP contribution in [-0.2, 0) is 65.4 Å². The van der Waals surface area contributed by atoms with E-state index in [4.69, 9.17) is 37.0 Å². The molecule has 0 aliphatic heterocycles. The number of aliphatic hydroxyl groups is 1. The fourth-order valence-corrected chi connectivity index (χ4v) is 12.7. The monoisotopic (exact) mass is 1430 g/mol. The zero-order chi connectivity index (χ0) is 71.8. The largest absolute Gasteiger partial charge is 0.472 e. The number of ether oxygens (including phenoxy) is 4. The number of aliphatic hydroxyl groups excluding tert-OH is 1. The number of carbonyl (C=O) groups excluding carboxylic acids is 4. The summed E-state index contributed by atoms with van der Waals surface area (Å²) in [6.45, 7) is 4.88. The van der Waals surface area contributed by atoms with Crippen LogP contribution in [0.1, 0.15) is 374 Å². The first-order chi connectivity index (χ1) is 47.7. The minimum Gasteiger partial charge on any atom is -0.462 e. The van der Waals surface area contributed by atoms with E-state index in [2.05, 4.69) is 76.3 Å². The molecule has 0 rings (SSSR count). The Labute approximate surface area is 597 Å². The lowest BCUT2D eigenvalue weighted by Gasteiger charge is -2.21. The van der Waals surface area contributed by atoms with Crippen molar-refractivity contribution in [2.75, 3.05) is 39.6 Å². The minimum atomic E-state index is -4.97. The first kappa shape index (κ1) is 95.0. The quantitative estimate of drug-likeness (QED) is 0.0169. The van der Waals surface area contributed by atoms with Crippen LogP contribution in [0.25, 0.3) is 0 Å². The molecule has 5 atom stereocenters. The Hall–Kier alpha value is -2.98. The number of hydrogen-bond acceptors (Lipinski definition) is 15. The van der Waals surface area contributed by atoms with Crippen molar-refractivity contribution in [2.45, 2.75) is 393 Å². The van der Waals surface area contributed by atoms with Gasteiger partial charge in [-0.25, -0.2) is 9.13 Å². The highest BCUT2D eigenvalue weighted by Gasteiger charge is 2.30. The number of carbonyl (C=O) groups is 4.